The van der Waals surface area contributed by atoms with Crippen molar-refractivity contribution in [3.8, 4) is 23.0 Å². The molecule has 3 amide bonds. The summed E-state index contributed by atoms with van der Waals surface area (Å²) in [5.41, 5.74) is -6.90. The van der Waals surface area contributed by atoms with E-state index in [0.717, 1.165) is 42.7 Å². The molecule has 1 saturated carbocycles. The summed E-state index contributed by atoms with van der Waals surface area (Å²) in [5.74, 6) is -10.1. The molecule has 2 aliphatic carbocycles. The number of rotatable bonds is 19. The fourth-order valence-electron chi connectivity index (χ4n) is 9.05. The van der Waals surface area contributed by atoms with Gasteiger partial charge in [0.1, 0.15) is 46.9 Å². The van der Waals surface area contributed by atoms with Crippen LogP contribution in [0.5, 0.6) is 0 Å². The molecule has 4 N–H and O–H groups in total. The SMILES string of the molecule is CN(C(=O)N(c1nn(CC(F)(F)F)c2c(-c3ccc(C#CC(C)(C)S(C)(=O)=O)nc3C(Cc3cc(F)cc(F)c3)NC(=O)Cn3nc(C(F)(F)F)c4c3C(F)(F)[C@@H]3C[C@H]43)ccc(Cl)c12)S(C)(=O)=O)C(CCC(=O)O)C(=O)OCOP(=O)(O)O. The van der Waals surface area contributed by atoms with E-state index in [1.807, 2.05) is 0 Å². The number of esters is 1. The Kier molecular flexibility index (Phi) is 17.3. The van der Waals surface area contributed by atoms with Gasteiger partial charge in [-0.2, -0.15) is 49.6 Å². The molecule has 2 unspecified atom stereocenters. The lowest BCUT2D eigenvalue weighted by Gasteiger charge is -2.30. The number of carbonyl (C=O) groups is 4. The molecule has 1 fully saturated rings. The van der Waals surface area contributed by atoms with E-state index in [-0.39, 0.29) is 30.6 Å². The summed E-state index contributed by atoms with van der Waals surface area (Å²) < 4.78 is 220. The number of hydrogen-bond donors (Lipinski definition) is 4. The van der Waals surface area contributed by atoms with Crippen molar-refractivity contribution < 1.29 is 109 Å². The number of carboxylic acids is 1. The number of anilines is 1. The summed E-state index contributed by atoms with van der Waals surface area (Å²) in [6, 6.07) is -0.0481. The van der Waals surface area contributed by atoms with Crippen LogP contribution in [0.15, 0.2) is 42.5 Å². The summed E-state index contributed by atoms with van der Waals surface area (Å²) in [4.78, 5) is 76.4. The molecule has 0 spiro atoms. The summed E-state index contributed by atoms with van der Waals surface area (Å²) in [6.45, 7) is -2.69. The van der Waals surface area contributed by atoms with Crippen molar-refractivity contribution in [2.24, 2.45) is 5.92 Å². The first kappa shape index (κ1) is 63.7. The summed E-state index contributed by atoms with van der Waals surface area (Å²) in [7, 11) is -13.8. The molecular formula is C47H44ClF10N8O14PS2. The predicted molar refractivity (Wildman–Crippen MR) is 268 cm³/mol. The van der Waals surface area contributed by atoms with Crippen molar-refractivity contribution in [2.75, 3.05) is 30.7 Å². The number of likely N-dealkylation sites (N-methyl/N-ethyl adjacent to an activating group) is 1. The maximum absolute atomic E-state index is 15.7. The molecule has 2 aromatic carbocycles. The van der Waals surface area contributed by atoms with Crippen LogP contribution in [0.1, 0.15) is 79.0 Å². The number of carbonyl (C=O) groups excluding carboxylic acids is 3. The van der Waals surface area contributed by atoms with E-state index >= 15 is 8.78 Å². The van der Waals surface area contributed by atoms with Crippen LogP contribution in [0.4, 0.5) is 54.5 Å². The van der Waals surface area contributed by atoms with Crippen molar-refractivity contribution in [1.82, 2.24) is 34.8 Å². The Balaban J connectivity index is 1.47. The zero-order chi connectivity index (χ0) is 62.1. The van der Waals surface area contributed by atoms with Crippen molar-refractivity contribution in [2.45, 2.75) is 93.6 Å². The number of nitrogens with one attached hydrogen (secondary N) is 1. The van der Waals surface area contributed by atoms with Crippen LogP contribution in [0.25, 0.3) is 22.0 Å². The number of halogens is 11. The Morgan fingerprint density at radius 3 is 2.16 bits per heavy atom. The fraction of sp³-hybridized carbons (Fsp3) is 0.426. The number of phosphoric ester groups is 1. The molecule has 4 atom stereocenters. The lowest BCUT2D eigenvalue weighted by atomic mass is 9.93. The number of alkyl halides is 8. The van der Waals surface area contributed by atoms with E-state index in [4.69, 9.17) is 21.4 Å². The Bertz CT molecular complexity index is 3810. The van der Waals surface area contributed by atoms with Crippen LogP contribution in [0.2, 0.25) is 5.02 Å². The lowest BCUT2D eigenvalue weighted by molar-refractivity contribution is -0.156. The molecule has 7 rings (SSSR count). The zero-order valence-corrected chi connectivity index (χ0v) is 46.5. The number of pyridine rings is 1. The minimum atomic E-state index is -5.32. The minimum absolute atomic E-state index is 0.0931. The number of hydrogen-bond acceptors (Lipinski definition) is 14. The summed E-state index contributed by atoms with van der Waals surface area (Å²) in [6.07, 6.45) is -12.5. The molecule has 3 aromatic heterocycles. The van der Waals surface area contributed by atoms with Crippen molar-refractivity contribution in [3.63, 3.8) is 0 Å². The molecule has 5 aromatic rings. The maximum atomic E-state index is 15.7. The van der Waals surface area contributed by atoms with Gasteiger partial charge in [-0.25, -0.2) is 49.3 Å². The predicted octanol–water partition coefficient (Wildman–Crippen LogP) is 6.95. The van der Waals surface area contributed by atoms with Crippen molar-refractivity contribution >= 4 is 79.9 Å². The number of carboxylic acid groups (broad SMARTS) is 1. The van der Waals surface area contributed by atoms with E-state index in [1.54, 1.807) is 0 Å². The van der Waals surface area contributed by atoms with Gasteiger partial charge in [0.05, 0.1) is 33.9 Å². The third-order valence-electron chi connectivity index (χ3n) is 13.1. The van der Waals surface area contributed by atoms with Gasteiger partial charge < -0.3 is 29.8 Å². The van der Waals surface area contributed by atoms with Gasteiger partial charge >= 0.3 is 38.1 Å². The Morgan fingerprint density at radius 2 is 1.59 bits per heavy atom. The Hall–Kier alpha value is -6.89. The summed E-state index contributed by atoms with van der Waals surface area (Å²) in [5, 5.41) is 17.5. The molecule has 0 saturated heterocycles. The van der Waals surface area contributed by atoms with E-state index in [1.165, 1.54) is 13.8 Å². The first-order valence-electron chi connectivity index (χ1n) is 23.7. The number of phosphoric acid groups is 1. The van der Waals surface area contributed by atoms with E-state index < -0.39 is 210 Å². The maximum Gasteiger partial charge on any atom is 0.472 e. The minimum Gasteiger partial charge on any atom is -0.481 e. The Morgan fingerprint density at radius 1 is 0.964 bits per heavy atom. The zero-order valence-electron chi connectivity index (χ0n) is 43.2. The third kappa shape index (κ3) is 14.0. The molecular weight excluding hydrogens is 1220 g/mol. The number of ether oxygens (including phenoxy) is 1. The first-order chi connectivity index (χ1) is 38.0. The molecule has 36 heteroatoms. The van der Waals surface area contributed by atoms with Gasteiger partial charge in [-0.05, 0) is 80.8 Å². The highest BCUT2D eigenvalue weighted by atomic mass is 35.5. The average molecular weight is 1270 g/mol. The average Bonchev–Trinajstić information content (AvgIpc) is 1.56. The number of nitrogens with zero attached hydrogens (tertiary/aromatic N) is 7. The molecule has 83 heavy (non-hydrogen) atoms. The van der Waals surface area contributed by atoms with E-state index in [9.17, 15) is 80.8 Å². The molecule has 450 valence electrons. The molecule has 3 heterocycles. The van der Waals surface area contributed by atoms with Crippen molar-refractivity contribution in [1.29, 1.82) is 0 Å². The number of benzene rings is 2. The van der Waals surface area contributed by atoms with Gasteiger partial charge in [0.2, 0.25) is 22.7 Å². The van der Waals surface area contributed by atoms with Gasteiger partial charge in [0.25, 0.3) is 5.92 Å². The second-order valence-corrected chi connectivity index (χ2v) is 25.6. The summed E-state index contributed by atoms with van der Waals surface area (Å²) >= 11 is 6.67. The molecule has 2 aliphatic rings. The van der Waals surface area contributed by atoms with Gasteiger partial charge in [-0.15, -0.1) is 0 Å². The highest BCUT2D eigenvalue weighted by molar-refractivity contribution is 7.93. The molecule has 0 aliphatic heterocycles. The second-order valence-electron chi connectivity index (χ2n) is 19.6. The fourth-order valence-corrected chi connectivity index (χ4v) is 10.6. The lowest BCUT2D eigenvalue weighted by Crippen LogP contribution is -2.51. The van der Waals surface area contributed by atoms with Crippen LogP contribution in [-0.2, 0) is 79.7 Å². The van der Waals surface area contributed by atoms with Crippen LogP contribution in [0, 0.1) is 29.4 Å². The van der Waals surface area contributed by atoms with Crippen LogP contribution >= 0.6 is 19.4 Å². The number of aliphatic carboxylic acids is 1. The topological polar surface area (TPSA) is 300 Å². The number of fused-ring (bicyclic) bond motifs is 4. The standard InChI is InChI=1S/C47H44ClF10N8O14PS2/c1-44(2,82(4,75)76)13-12-25-6-7-26(37(59-25)31(16-22-14-23(49)17-24(50)15-22)60-33(67)19-64-40-35(39(61-64)47(56,57)58)28-18-29(28)46(40,54)55)27-8-9-30(48)36-38(27)65(20-45(51,52)53)62-41(36)66(83(5,77)78)43(71)63(3)32(10-11-34(68)69)42(70)79-21-80-81(72,73)74/h6-9,14-15,17,28-29,31-32H,10-11,16,18-21H2,1-5H3,(H,60,67)(H,68,69)(H2,72,73,74)/t28-,29+,31?,32?/m0/s1. The van der Waals surface area contributed by atoms with Crippen molar-refractivity contribution in [3.05, 3.63) is 93.0 Å². The molecule has 0 bridgehead atoms. The Labute approximate surface area is 467 Å². The highest BCUT2D eigenvalue weighted by Gasteiger charge is 2.68. The number of urea groups is 1. The van der Waals surface area contributed by atoms with Crippen LogP contribution < -0.4 is 9.62 Å². The second kappa shape index (κ2) is 22.6. The van der Waals surface area contributed by atoms with Crippen LogP contribution in [-0.4, -0.2) is 128 Å². The van der Waals surface area contributed by atoms with Gasteiger partial charge in [-0.3, -0.25) is 19.0 Å². The van der Waals surface area contributed by atoms with Crippen LogP contribution in [0.3, 0.4) is 0 Å². The number of sulfone groups is 1. The molecule has 0 radical (unpaired) electrons. The van der Waals surface area contributed by atoms with Gasteiger partial charge in [0.15, 0.2) is 21.3 Å². The van der Waals surface area contributed by atoms with E-state index in [2.05, 4.69) is 41.6 Å². The van der Waals surface area contributed by atoms with E-state index in [0.29, 0.717) is 19.4 Å². The monoisotopic (exact) mass is 1260 g/mol. The number of sulfonamides is 1. The third-order valence-corrected chi connectivity index (χ3v) is 16.8. The van der Waals surface area contributed by atoms with Gasteiger partial charge in [0, 0.05) is 48.4 Å². The smallest absolute Gasteiger partial charge is 0.472 e. The molecule has 22 nitrogen and oxygen atoms in total. The quantitative estimate of drug-likeness (QED) is 0.0214. The van der Waals surface area contributed by atoms with Gasteiger partial charge in [-0.1, -0.05) is 23.6 Å². The normalized spacial score (nSPS) is 16.7. The first-order valence-corrected chi connectivity index (χ1v) is 29.3. The largest absolute Gasteiger partial charge is 0.481 e. The number of amides is 3. The highest BCUT2D eigenvalue weighted by Crippen LogP contribution is 2.68. The number of aromatic nitrogens is 5.